The molecule has 5 aromatic rings. The molecule has 1 nitrogen and oxygen atoms in total. The fourth-order valence-corrected chi connectivity index (χ4v) is 5.50. The third-order valence-electron chi connectivity index (χ3n) is 6.60. The standard InChI is InChI=1S/C31H21BrO/c32-22-18-19-27-25-14-5-4-13-24(25)26-15-7-9-17-29(26)31(33,30(27)20-22)28-16-8-6-12-23(28)21-10-2-1-3-11-21/h1-20,33H. The molecule has 1 aliphatic carbocycles. The molecule has 0 saturated heterocycles. The van der Waals surface area contributed by atoms with Gasteiger partial charge in [-0.3, -0.25) is 0 Å². The summed E-state index contributed by atoms with van der Waals surface area (Å²) >= 11 is 3.67. The van der Waals surface area contributed by atoms with Crippen LogP contribution in [0.3, 0.4) is 0 Å². The maximum absolute atomic E-state index is 12.9. The van der Waals surface area contributed by atoms with Crippen LogP contribution < -0.4 is 0 Å². The molecule has 158 valence electrons. The van der Waals surface area contributed by atoms with Crippen molar-refractivity contribution in [3.05, 3.63) is 142 Å². The zero-order chi connectivity index (χ0) is 22.4. The second-order valence-corrected chi connectivity index (χ2v) is 9.32. The zero-order valence-corrected chi connectivity index (χ0v) is 19.5. The van der Waals surface area contributed by atoms with Gasteiger partial charge in [-0.25, -0.2) is 0 Å². The van der Waals surface area contributed by atoms with Crippen LogP contribution in [-0.2, 0) is 5.60 Å². The molecule has 2 heteroatoms. The lowest BCUT2D eigenvalue weighted by molar-refractivity contribution is 0.127. The molecular weight excluding hydrogens is 468 g/mol. The molecule has 5 aromatic carbocycles. The van der Waals surface area contributed by atoms with E-state index in [9.17, 15) is 5.11 Å². The maximum Gasteiger partial charge on any atom is 0.142 e. The fraction of sp³-hybridized carbons (Fsp3) is 0.0323. The third-order valence-corrected chi connectivity index (χ3v) is 7.09. The van der Waals surface area contributed by atoms with Crippen molar-refractivity contribution in [2.45, 2.75) is 5.60 Å². The summed E-state index contributed by atoms with van der Waals surface area (Å²) in [6.45, 7) is 0. The SMILES string of the molecule is OC1(c2ccccc2-c2ccccc2)c2ccccc2-c2ccccc2-c2ccc(Br)cc21. The van der Waals surface area contributed by atoms with Gasteiger partial charge in [0.1, 0.15) is 5.60 Å². The molecule has 0 amide bonds. The summed E-state index contributed by atoms with van der Waals surface area (Å²) in [5.41, 5.74) is 7.73. The first-order valence-electron chi connectivity index (χ1n) is 11.0. The Morgan fingerprint density at radius 3 is 1.61 bits per heavy atom. The van der Waals surface area contributed by atoms with Crippen LogP contribution in [0.1, 0.15) is 16.7 Å². The Balaban J connectivity index is 1.78. The Bertz CT molecular complexity index is 1490. The van der Waals surface area contributed by atoms with Gasteiger partial charge in [0, 0.05) is 21.2 Å². The highest BCUT2D eigenvalue weighted by atomic mass is 79.9. The molecule has 6 rings (SSSR count). The molecule has 0 radical (unpaired) electrons. The number of benzene rings is 5. The third kappa shape index (κ3) is 3.10. The summed E-state index contributed by atoms with van der Waals surface area (Å²) in [7, 11) is 0. The Kier molecular flexibility index (Phi) is 4.79. The van der Waals surface area contributed by atoms with Gasteiger partial charge in [-0.15, -0.1) is 0 Å². The number of hydrogen-bond donors (Lipinski definition) is 1. The van der Waals surface area contributed by atoms with Crippen LogP contribution in [0, 0.1) is 0 Å². The van der Waals surface area contributed by atoms with E-state index in [0.717, 1.165) is 54.5 Å². The van der Waals surface area contributed by atoms with Crippen LogP contribution in [0.4, 0.5) is 0 Å². The average Bonchev–Trinajstić information content (AvgIpc) is 2.97. The van der Waals surface area contributed by atoms with Gasteiger partial charge in [0.05, 0.1) is 0 Å². The van der Waals surface area contributed by atoms with Gasteiger partial charge < -0.3 is 5.11 Å². The number of aliphatic hydroxyl groups is 1. The molecule has 0 bridgehead atoms. The minimum Gasteiger partial charge on any atom is -0.376 e. The summed E-state index contributed by atoms with van der Waals surface area (Å²) < 4.78 is 0.939. The molecule has 0 spiro atoms. The van der Waals surface area contributed by atoms with Gasteiger partial charge in [-0.2, -0.15) is 0 Å². The minimum absolute atomic E-state index is 0.871. The second kappa shape index (κ2) is 7.84. The molecule has 1 atom stereocenters. The van der Waals surface area contributed by atoms with Crippen LogP contribution >= 0.6 is 15.9 Å². The normalized spacial score (nSPS) is 16.3. The smallest absolute Gasteiger partial charge is 0.142 e. The molecule has 1 aliphatic rings. The zero-order valence-electron chi connectivity index (χ0n) is 17.9. The average molecular weight is 489 g/mol. The molecule has 33 heavy (non-hydrogen) atoms. The number of halogens is 1. The largest absolute Gasteiger partial charge is 0.376 e. The van der Waals surface area contributed by atoms with Crippen LogP contribution in [0.2, 0.25) is 0 Å². The van der Waals surface area contributed by atoms with Gasteiger partial charge in [0.15, 0.2) is 0 Å². The molecule has 0 fully saturated rings. The molecular formula is C31H21BrO. The Hall–Kier alpha value is -3.46. The van der Waals surface area contributed by atoms with Gasteiger partial charge in [-0.1, -0.05) is 125 Å². The summed E-state index contributed by atoms with van der Waals surface area (Å²) in [6, 6.07) is 41.4. The molecule has 0 saturated carbocycles. The first kappa shape index (κ1) is 20.2. The van der Waals surface area contributed by atoms with E-state index in [2.05, 4.69) is 94.8 Å². The Morgan fingerprint density at radius 2 is 0.939 bits per heavy atom. The van der Waals surface area contributed by atoms with Crippen molar-refractivity contribution in [3.63, 3.8) is 0 Å². The summed E-state index contributed by atoms with van der Waals surface area (Å²) in [4.78, 5) is 0. The monoisotopic (exact) mass is 488 g/mol. The van der Waals surface area contributed by atoms with E-state index in [1.54, 1.807) is 0 Å². The topological polar surface area (TPSA) is 20.2 Å². The van der Waals surface area contributed by atoms with Crippen LogP contribution in [0.25, 0.3) is 33.4 Å². The minimum atomic E-state index is -1.35. The first-order valence-corrected chi connectivity index (χ1v) is 11.8. The quantitative estimate of drug-likeness (QED) is 0.266. The highest BCUT2D eigenvalue weighted by Crippen LogP contribution is 2.52. The van der Waals surface area contributed by atoms with Gasteiger partial charge >= 0.3 is 0 Å². The Labute approximate surface area is 202 Å². The number of fused-ring (bicyclic) bond motifs is 5. The summed E-state index contributed by atoms with van der Waals surface area (Å²) in [6.07, 6.45) is 0. The van der Waals surface area contributed by atoms with E-state index < -0.39 is 5.60 Å². The second-order valence-electron chi connectivity index (χ2n) is 8.40. The van der Waals surface area contributed by atoms with Crippen molar-refractivity contribution in [1.82, 2.24) is 0 Å². The highest BCUT2D eigenvalue weighted by Gasteiger charge is 2.42. The number of hydrogen-bond acceptors (Lipinski definition) is 1. The van der Waals surface area contributed by atoms with Crippen molar-refractivity contribution in [2.24, 2.45) is 0 Å². The number of rotatable bonds is 2. The molecule has 0 aliphatic heterocycles. The van der Waals surface area contributed by atoms with Crippen molar-refractivity contribution in [3.8, 4) is 33.4 Å². The van der Waals surface area contributed by atoms with E-state index in [0.29, 0.717) is 0 Å². The molecule has 0 aromatic heterocycles. The van der Waals surface area contributed by atoms with Crippen molar-refractivity contribution < 1.29 is 5.11 Å². The summed E-state index contributed by atoms with van der Waals surface area (Å²) in [5, 5.41) is 12.9. The van der Waals surface area contributed by atoms with Gasteiger partial charge in [0.25, 0.3) is 0 Å². The lowest BCUT2D eigenvalue weighted by Crippen LogP contribution is -2.30. The lowest BCUT2D eigenvalue weighted by atomic mass is 9.75. The van der Waals surface area contributed by atoms with E-state index in [-0.39, 0.29) is 0 Å². The van der Waals surface area contributed by atoms with Gasteiger partial charge in [0.2, 0.25) is 0 Å². The van der Waals surface area contributed by atoms with E-state index in [4.69, 9.17) is 0 Å². The molecule has 1 N–H and O–H groups in total. The van der Waals surface area contributed by atoms with Crippen molar-refractivity contribution >= 4 is 15.9 Å². The summed E-state index contributed by atoms with van der Waals surface area (Å²) in [5.74, 6) is 0. The highest BCUT2D eigenvalue weighted by molar-refractivity contribution is 9.10. The van der Waals surface area contributed by atoms with E-state index in [1.807, 2.05) is 42.5 Å². The van der Waals surface area contributed by atoms with E-state index in [1.165, 1.54) is 0 Å². The molecule has 1 unspecified atom stereocenters. The van der Waals surface area contributed by atoms with Crippen LogP contribution in [0.5, 0.6) is 0 Å². The van der Waals surface area contributed by atoms with Crippen LogP contribution in [0.15, 0.2) is 126 Å². The van der Waals surface area contributed by atoms with Crippen molar-refractivity contribution in [2.75, 3.05) is 0 Å². The van der Waals surface area contributed by atoms with Crippen LogP contribution in [-0.4, -0.2) is 5.11 Å². The lowest BCUT2D eigenvalue weighted by Gasteiger charge is -2.33. The Morgan fingerprint density at radius 1 is 0.455 bits per heavy atom. The van der Waals surface area contributed by atoms with Gasteiger partial charge in [-0.05, 0) is 45.5 Å². The van der Waals surface area contributed by atoms with E-state index >= 15 is 0 Å². The van der Waals surface area contributed by atoms with Crippen molar-refractivity contribution in [1.29, 1.82) is 0 Å². The first-order chi connectivity index (χ1) is 16.2. The fourth-order valence-electron chi connectivity index (χ4n) is 5.14. The maximum atomic E-state index is 12.9. The predicted octanol–water partition coefficient (Wildman–Crippen LogP) is 8.05. The predicted molar refractivity (Wildman–Crippen MR) is 139 cm³/mol. The molecule has 0 heterocycles.